The van der Waals surface area contributed by atoms with Gasteiger partial charge in [0.25, 0.3) is 0 Å². The highest BCUT2D eigenvalue weighted by molar-refractivity contribution is 6.33. The molecule has 0 spiro atoms. The fourth-order valence-corrected chi connectivity index (χ4v) is 2.69. The zero-order valence-corrected chi connectivity index (χ0v) is 12.6. The summed E-state index contributed by atoms with van der Waals surface area (Å²) in [6.45, 7) is 2.23. The van der Waals surface area contributed by atoms with Crippen LogP contribution in [0.3, 0.4) is 0 Å². The van der Waals surface area contributed by atoms with Gasteiger partial charge < -0.3 is 10.3 Å². The summed E-state index contributed by atoms with van der Waals surface area (Å²) in [6.07, 6.45) is 0. The molecule has 0 aliphatic heterocycles. The molecule has 3 rings (SSSR count). The highest BCUT2D eigenvalue weighted by atomic mass is 35.5. The first-order valence-electron chi connectivity index (χ1n) is 6.85. The number of hydrogen-bond donors (Lipinski definition) is 1. The summed E-state index contributed by atoms with van der Waals surface area (Å²) in [5.74, 6) is -1.30. The van der Waals surface area contributed by atoms with Crippen molar-refractivity contribution in [2.45, 2.75) is 13.0 Å². The predicted molar refractivity (Wildman–Crippen MR) is 83.9 cm³/mol. The minimum atomic E-state index is -0.928. The molecule has 3 aromatic rings. The summed E-state index contributed by atoms with van der Waals surface area (Å²) in [4.78, 5) is 4.43. The fourth-order valence-electron chi connectivity index (χ4n) is 2.47. The van der Waals surface area contributed by atoms with E-state index in [2.05, 4.69) is 4.98 Å². The van der Waals surface area contributed by atoms with Gasteiger partial charge >= 0.3 is 0 Å². The van der Waals surface area contributed by atoms with E-state index in [1.807, 2.05) is 25.1 Å². The Balaban J connectivity index is 2.36. The van der Waals surface area contributed by atoms with Crippen molar-refractivity contribution in [3.8, 4) is 11.4 Å². The maximum Gasteiger partial charge on any atom is 0.161 e. The zero-order chi connectivity index (χ0) is 15.9. The van der Waals surface area contributed by atoms with Gasteiger partial charge in [-0.25, -0.2) is 13.8 Å². The first-order valence-corrected chi connectivity index (χ1v) is 7.22. The first kappa shape index (κ1) is 14.9. The molecule has 0 amide bonds. The molecule has 1 unspecified atom stereocenters. The van der Waals surface area contributed by atoms with E-state index in [0.717, 1.165) is 12.1 Å². The lowest BCUT2D eigenvalue weighted by atomic mass is 10.2. The number of nitrogens with zero attached hydrogens (tertiary/aromatic N) is 2. The van der Waals surface area contributed by atoms with Crippen LogP contribution in [0.25, 0.3) is 22.4 Å². The van der Waals surface area contributed by atoms with Crippen LogP contribution in [0.15, 0.2) is 36.4 Å². The molecule has 0 saturated carbocycles. The SMILES string of the molecule is CC(CN)n1c(-c2ccccc2Cl)nc2cc(F)c(F)cc21. The molecule has 0 radical (unpaired) electrons. The van der Waals surface area contributed by atoms with Crippen molar-refractivity contribution in [1.29, 1.82) is 0 Å². The first-order chi connectivity index (χ1) is 10.5. The summed E-state index contributed by atoms with van der Waals surface area (Å²) in [6, 6.07) is 9.30. The van der Waals surface area contributed by atoms with Crippen LogP contribution in [0, 0.1) is 11.6 Å². The minimum absolute atomic E-state index is 0.138. The standard InChI is InChI=1S/C16H14ClF2N3/c1-9(8-20)22-15-7-13(19)12(18)6-14(15)21-16(22)10-4-2-3-5-11(10)17/h2-7,9H,8,20H2,1H3. The molecule has 0 aliphatic rings. The number of benzene rings is 2. The summed E-state index contributed by atoms with van der Waals surface area (Å²) in [7, 11) is 0. The second kappa shape index (κ2) is 5.66. The number of rotatable bonds is 3. The molecular formula is C16H14ClF2N3. The Morgan fingerprint density at radius 1 is 1.23 bits per heavy atom. The molecule has 0 fully saturated rings. The van der Waals surface area contributed by atoms with Crippen LogP contribution < -0.4 is 5.73 Å². The quantitative estimate of drug-likeness (QED) is 0.787. The molecule has 1 aromatic heterocycles. The average Bonchev–Trinajstić information content (AvgIpc) is 2.85. The minimum Gasteiger partial charge on any atom is -0.328 e. The van der Waals surface area contributed by atoms with E-state index < -0.39 is 11.6 Å². The number of aromatic nitrogens is 2. The number of halogens is 3. The molecule has 114 valence electrons. The van der Waals surface area contributed by atoms with Gasteiger partial charge in [-0.1, -0.05) is 23.7 Å². The van der Waals surface area contributed by atoms with E-state index in [4.69, 9.17) is 17.3 Å². The molecule has 1 atom stereocenters. The molecule has 1 heterocycles. The smallest absolute Gasteiger partial charge is 0.161 e. The van der Waals surface area contributed by atoms with Crippen molar-refractivity contribution >= 4 is 22.6 Å². The van der Waals surface area contributed by atoms with Crippen molar-refractivity contribution in [2.24, 2.45) is 5.73 Å². The van der Waals surface area contributed by atoms with Crippen LogP contribution in [-0.4, -0.2) is 16.1 Å². The largest absolute Gasteiger partial charge is 0.328 e. The molecule has 0 saturated heterocycles. The maximum atomic E-state index is 13.6. The van der Waals surface area contributed by atoms with Gasteiger partial charge in [0.05, 0.1) is 16.1 Å². The van der Waals surface area contributed by atoms with Crippen molar-refractivity contribution < 1.29 is 8.78 Å². The normalized spacial score (nSPS) is 12.8. The van der Waals surface area contributed by atoms with Crippen LogP contribution in [0.4, 0.5) is 8.78 Å². The Kier molecular flexibility index (Phi) is 3.85. The molecule has 0 aliphatic carbocycles. The van der Waals surface area contributed by atoms with Crippen LogP contribution in [0.2, 0.25) is 5.02 Å². The van der Waals surface area contributed by atoms with E-state index >= 15 is 0 Å². The molecule has 2 aromatic carbocycles. The Bertz CT molecular complexity index is 845. The highest BCUT2D eigenvalue weighted by Gasteiger charge is 2.20. The maximum absolute atomic E-state index is 13.6. The summed E-state index contributed by atoms with van der Waals surface area (Å²) in [5.41, 5.74) is 7.32. The van der Waals surface area contributed by atoms with Crippen molar-refractivity contribution in [3.63, 3.8) is 0 Å². The van der Waals surface area contributed by atoms with Crippen molar-refractivity contribution in [1.82, 2.24) is 9.55 Å². The van der Waals surface area contributed by atoms with Crippen LogP contribution in [0.5, 0.6) is 0 Å². The van der Waals surface area contributed by atoms with Crippen molar-refractivity contribution in [2.75, 3.05) is 6.54 Å². The molecule has 22 heavy (non-hydrogen) atoms. The third-order valence-corrected chi connectivity index (χ3v) is 3.96. The van der Waals surface area contributed by atoms with E-state index in [-0.39, 0.29) is 6.04 Å². The monoisotopic (exact) mass is 321 g/mol. The number of imidazole rings is 1. The van der Waals surface area contributed by atoms with Gasteiger partial charge in [0.15, 0.2) is 11.6 Å². The Morgan fingerprint density at radius 2 is 1.91 bits per heavy atom. The zero-order valence-electron chi connectivity index (χ0n) is 11.9. The molecule has 0 bridgehead atoms. The van der Waals surface area contributed by atoms with E-state index in [1.165, 1.54) is 0 Å². The summed E-state index contributed by atoms with van der Waals surface area (Å²) in [5, 5.41) is 0.518. The summed E-state index contributed by atoms with van der Waals surface area (Å²) >= 11 is 6.24. The van der Waals surface area contributed by atoms with E-state index in [9.17, 15) is 8.78 Å². The van der Waals surface area contributed by atoms with Crippen molar-refractivity contribution in [3.05, 3.63) is 53.1 Å². The molecule has 3 nitrogen and oxygen atoms in total. The highest BCUT2D eigenvalue weighted by Crippen LogP contribution is 2.33. The Hall–Kier alpha value is -1.98. The summed E-state index contributed by atoms with van der Waals surface area (Å²) < 4.78 is 28.9. The van der Waals surface area contributed by atoms with Gasteiger partial charge in [-0.15, -0.1) is 0 Å². The second-order valence-electron chi connectivity index (χ2n) is 5.13. The number of fused-ring (bicyclic) bond motifs is 1. The Labute approximate surface area is 131 Å². The van der Waals surface area contributed by atoms with Crippen LogP contribution >= 0.6 is 11.6 Å². The van der Waals surface area contributed by atoms with Gasteiger partial charge in [0, 0.05) is 30.3 Å². The molecular weight excluding hydrogens is 308 g/mol. The lowest BCUT2D eigenvalue weighted by molar-refractivity contribution is 0.509. The molecule has 6 heteroatoms. The van der Waals surface area contributed by atoms with Gasteiger partial charge in [0.2, 0.25) is 0 Å². The van der Waals surface area contributed by atoms with E-state index in [0.29, 0.717) is 34.0 Å². The van der Waals surface area contributed by atoms with E-state index in [1.54, 1.807) is 10.6 Å². The lowest BCUT2D eigenvalue weighted by Gasteiger charge is -2.16. The fraction of sp³-hybridized carbons (Fsp3) is 0.188. The van der Waals surface area contributed by atoms with Gasteiger partial charge in [-0.3, -0.25) is 0 Å². The number of nitrogens with two attached hydrogens (primary N) is 1. The van der Waals surface area contributed by atoms with Gasteiger partial charge in [-0.2, -0.15) is 0 Å². The van der Waals surface area contributed by atoms with Gasteiger partial charge in [-0.05, 0) is 19.1 Å². The van der Waals surface area contributed by atoms with Crippen LogP contribution in [0.1, 0.15) is 13.0 Å². The third kappa shape index (κ3) is 2.36. The second-order valence-corrected chi connectivity index (χ2v) is 5.53. The molecule has 2 N–H and O–H groups in total. The third-order valence-electron chi connectivity index (χ3n) is 3.63. The average molecular weight is 322 g/mol. The topological polar surface area (TPSA) is 43.8 Å². The Morgan fingerprint density at radius 3 is 2.59 bits per heavy atom. The number of hydrogen-bond acceptors (Lipinski definition) is 2. The lowest BCUT2D eigenvalue weighted by Crippen LogP contribution is -2.17. The van der Waals surface area contributed by atoms with Crippen LogP contribution in [-0.2, 0) is 0 Å². The predicted octanol–water partition coefficient (Wildman–Crippen LogP) is 4.15. The van der Waals surface area contributed by atoms with Gasteiger partial charge in [0.1, 0.15) is 5.82 Å².